The number of fused-ring (bicyclic) bond motifs is 3. The molecule has 0 aliphatic rings. The second-order valence-corrected chi connectivity index (χ2v) is 3.81. The monoisotopic (exact) mass is 228 g/mol. The quantitative estimate of drug-likeness (QED) is 0.437. The topological polar surface area (TPSA) is 60.4 Å². The molecule has 3 aromatic rings. The molecule has 0 fully saturated rings. The van der Waals surface area contributed by atoms with E-state index in [9.17, 15) is 9.59 Å². The molecule has 0 spiro atoms. The molecule has 17 heavy (non-hydrogen) atoms. The van der Waals surface area contributed by atoms with E-state index in [0.717, 1.165) is 0 Å². The molecule has 0 aliphatic carbocycles. The molecule has 4 nitrogen and oxygen atoms in total. The van der Waals surface area contributed by atoms with Crippen LogP contribution in [-0.4, -0.2) is 0 Å². The van der Waals surface area contributed by atoms with Gasteiger partial charge in [0.05, 0.1) is 5.39 Å². The van der Waals surface area contributed by atoms with Gasteiger partial charge in [0.1, 0.15) is 11.3 Å². The van der Waals surface area contributed by atoms with Gasteiger partial charge in [-0.15, -0.1) is 0 Å². The molecule has 84 valence electrons. The second-order valence-electron chi connectivity index (χ2n) is 3.81. The van der Waals surface area contributed by atoms with E-state index in [-0.39, 0.29) is 10.8 Å². The van der Waals surface area contributed by atoms with E-state index in [0.29, 0.717) is 22.3 Å². The highest BCUT2D eigenvalue weighted by molar-refractivity contribution is 5.99. The molecule has 0 bridgehead atoms. The van der Waals surface area contributed by atoms with Crippen LogP contribution in [0.5, 0.6) is 0 Å². The molecule has 0 unspecified atom stereocenters. The Morgan fingerprint density at radius 2 is 1.82 bits per heavy atom. The van der Waals surface area contributed by atoms with Gasteiger partial charge in [0, 0.05) is 6.07 Å². The van der Waals surface area contributed by atoms with Crippen molar-refractivity contribution in [3.05, 3.63) is 56.7 Å². The zero-order valence-electron chi connectivity index (χ0n) is 9.02. The summed E-state index contributed by atoms with van der Waals surface area (Å²) in [7, 11) is 0. The Morgan fingerprint density at radius 3 is 2.65 bits per heavy atom. The lowest BCUT2D eigenvalue weighted by Gasteiger charge is -2.01. The third-order valence-corrected chi connectivity index (χ3v) is 2.61. The van der Waals surface area contributed by atoms with E-state index in [2.05, 4.69) is 0 Å². The molecule has 0 N–H and O–H groups in total. The maximum absolute atomic E-state index is 11.7. The van der Waals surface area contributed by atoms with E-state index in [4.69, 9.17) is 8.83 Å². The van der Waals surface area contributed by atoms with E-state index < -0.39 is 5.63 Å². The number of aryl methyl sites for hydroxylation is 1. The first-order valence-electron chi connectivity index (χ1n) is 5.13. The minimum absolute atomic E-state index is 0.0331. The molecule has 3 rings (SSSR count). The van der Waals surface area contributed by atoms with Gasteiger partial charge in [-0.1, -0.05) is 12.1 Å². The van der Waals surface area contributed by atoms with Crippen molar-refractivity contribution in [2.75, 3.05) is 0 Å². The molecule has 0 saturated heterocycles. The Hall–Kier alpha value is -2.36. The predicted octanol–water partition coefficient (Wildman–Crippen LogP) is 2.21. The van der Waals surface area contributed by atoms with Crippen LogP contribution >= 0.6 is 0 Å². The Bertz CT molecular complexity index is 839. The van der Waals surface area contributed by atoms with Crippen LogP contribution in [0, 0.1) is 6.92 Å². The van der Waals surface area contributed by atoms with Crippen LogP contribution in [0.4, 0.5) is 0 Å². The lowest BCUT2D eigenvalue weighted by molar-refractivity contribution is 0.544. The van der Waals surface area contributed by atoms with Gasteiger partial charge >= 0.3 is 5.63 Å². The van der Waals surface area contributed by atoms with Crippen LogP contribution in [-0.2, 0) is 0 Å². The number of benzene rings is 1. The Kier molecular flexibility index (Phi) is 1.92. The van der Waals surface area contributed by atoms with Gasteiger partial charge in [-0.25, -0.2) is 4.79 Å². The average molecular weight is 228 g/mol. The first-order valence-corrected chi connectivity index (χ1v) is 5.13. The Morgan fingerprint density at radius 1 is 1.06 bits per heavy atom. The summed E-state index contributed by atoms with van der Waals surface area (Å²) in [5.74, 6) is 0.471. The minimum Gasteiger partial charge on any atom is -0.460 e. The highest BCUT2D eigenvalue weighted by Gasteiger charge is 2.12. The summed E-state index contributed by atoms with van der Waals surface area (Å²) in [5, 5.41) is 0.595. The second kappa shape index (κ2) is 3.31. The SMILES string of the molecule is Cc1cc(=O)c2c(=O)oc3ccccc3c2o1. The first kappa shape index (κ1) is 9.84. The van der Waals surface area contributed by atoms with E-state index >= 15 is 0 Å². The van der Waals surface area contributed by atoms with Crippen molar-refractivity contribution in [1.82, 2.24) is 0 Å². The molecule has 0 aliphatic heterocycles. The van der Waals surface area contributed by atoms with Crippen molar-refractivity contribution >= 4 is 21.9 Å². The van der Waals surface area contributed by atoms with E-state index in [1.807, 2.05) is 0 Å². The fraction of sp³-hybridized carbons (Fsp3) is 0.0769. The molecule has 2 aromatic heterocycles. The smallest absolute Gasteiger partial charge is 0.351 e. The summed E-state index contributed by atoms with van der Waals surface area (Å²) in [4.78, 5) is 23.4. The largest absolute Gasteiger partial charge is 0.460 e. The predicted molar refractivity (Wildman–Crippen MR) is 63.3 cm³/mol. The molecular weight excluding hydrogens is 220 g/mol. The number of rotatable bonds is 0. The summed E-state index contributed by atoms with van der Waals surface area (Å²) >= 11 is 0. The van der Waals surface area contributed by atoms with Crippen LogP contribution in [0.15, 0.2) is 48.8 Å². The summed E-state index contributed by atoms with van der Waals surface area (Å²) in [5.41, 5.74) is -0.323. The molecule has 0 saturated carbocycles. The van der Waals surface area contributed by atoms with Gasteiger partial charge in [0.25, 0.3) is 0 Å². The van der Waals surface area contributed by atoms with Crippen molar-refractivity contribution in [3.8, 4) is 0 Å². The summed E-state index contributed by atoms with van der Waals surface area (Å²) in [6, 6.07) is 8.25. The zero-order chi connectivity index (χ0) is 12.0. The summed E-state index contributed by atoms with van der Waals surface area (Å²) < 4.78 is 10.6. The van der Waals surface area contributed by atoms with Crippen LogP contribution in [0.2, 0.25) is 0 Å². The van der Waals surface area contributed by atoms with Crippen molar-refractivity contribution in [2.45, 2.75) is 6.92 Å². The number of hydrogen-bond donors (Lipinski definition) is 0. The van der Waals surface area contributed by atoms with E-state index in [1.54, 1.807) is 31.2 Å². The van der Waals surface area contributed by atoms with Gasteiger partial charge in [-0.3, -0.25) is 4.79 Å². The third-order valence-electron chi connectivity index (χ3n) is 2.61. The van der Waals surface area contributed by atoms with Crippen molar-refractivity contribution in [3.63, 3.8) is 0 Å². The third kappa shape index (κ3) is 1.38. The van der Waals surface area contributed by atoms with Crippen LogP contribution in [0.3, 0.4) is 0 Å². The van der Waals surface area contributed by atoms with Crippen LogP contribution in [0.1, 0.15) is 5.76 Å². The maximum atomic E-state index is 11.7. The molecule has 1 aromatic carbocycles. The molecule has 0 atom stereocenters. The Balaban J connectivity index is 2.75. The molecule has 4 heteroatoms. The van der Waals surface area contributed by atoms with Crippen LogP contribution in [0.25, 0.3) is 21.9 Å². The molecule has 0 radical (unpaired) electrons. The van der Waals surface area contributed by atoms with Crippen molar-refractivity contribution in [1.29, 1.82) is 0 Å². The number of hydrogen-bond acceptors (Lipinski definition) is 4. The summed E-state index contributed by atoms with van der Waals surface area (Å²) in [6.07, 6.45) is 0. The van der Waals surface area contributed by atoms with Crippen molar-refractivity contribution in [2.24, 2.45) is 0 Å². The van der Waals surface area contributed by atoms with Gasteiger partial charge in [0.15, 0.2) is 16.4 Å². The molecule has 2 heterocycles. The first-order chi connectivity index (χ1) is 8.16. The lowest BCUT2D eigenvalue weighted by atomic mass is 10.2. The van der Waals surface area contributed by atoms with Gasteiger partial charge < -0.3 is 8.83 Å². The maximum Gasteiger partial charge on any atom is 0.351 e. The highest BCUT2D eigenvalue weighted by Crippen LogP contribution is 2.21. The average Bonchev–Trinajstić information content (AvgIpc) is 2.28. The van der Waals surface area contributed by atoms with Crippen LogP contribution < -0.4 is 11.1 Å². The van der Waals surface area contributed by atoms with E-state index in [1.165, 1.54) is 6.07 Å². The lowest BCUT2D eigenvalue weighted by Crippen LogP contribution is -2.12. The molecular formula is C13H8O4. The minimum atomic E-state index is -0.660. The summed E-state index contributed by atoms with van der Waals surface area (Å²) in [6.45, 7) is 1.67. The van der Waals surface area contributed by atoms with Gasteiger partial charge in [-0.2, -0.15) is 0 Å². The number of para-hydroxylation sites is 1. The van der Waals surface area contributed by atoms with Crippen molar-refractivity contribution < 1.29 is 8.83 Å². The van der Waals surface area contributed by atoms with Gasteiger partial charge in [-0.05, 0) is 19.1 Å². The zero-order valence-corrected chi connectivity index (χ0v) is 9.02. The standard InChI is InChI=1S/C13H8O4/c1-7-6-9(14)11-12(16-7)8-4-2-3-5-10(8)17-13(11)15/h2-6H,1H3. The molecule has 0 amide bonds. The normalized spacial score (nSPS) is 11.1. The fourth-order valence-corrected chi connectivity index (χ4v) is 1.89. The Labute approximate surface area is 95.1 Å². The fourth-order valence-electron chi connectivity index (χ4n) is 1.89. The highest BCUT2D eigenvalue weighted by atomic mass is 16.4. The van der Waals surface area contributed by atoms with Gasteiger partial charge in [0.2, 0.25) is 0 Å².